The maximum Gasteiger partial charge on any atom is 0.251 e. The Labute approximate surface area is 193 Å². The van der Waals surface area contributed by atoms with Gasteiger partial charge in [0.25, 0.3) is 5.91 Å². The van der Waals surface area contributed by atoms with Crippen LogP contribution in [0.2, 0.25) is 0 Å². The Morgan fingerprint density at radius 3 is 2.36 bits per heavy atom. The lowest BCUT2D eigenvalue weighted by atomic mass is 9.94. The first-order valence-electron chi connectivity index (χ1n) is 10.7. The minimum Gasteiger partial charge on any atom is -0.348 e. The van der Waals surface area contributed by atoms with Crippen LogP contribution in [0.25, 0.3) is 22.4 Å². The molecule has 4 rings (SSSR count). The van der Waals surface area contributed by atoms with Crippen LogP contribution in [0.4, 0.5) is 0 Å². The Balaban J connectivity index is 1.74. The molecule has 0 radical (unpaired) electrons. The zero-order valence-electron chi connectivity index (χ0n) is 18.9. The van der Waals surface area contributed by atoms with Crippen molar-refractivity contribution in [3.05, 3.63) is 107 Å². The fourth-order valence-electron chi connectivity index (χ4n) is 3.59. The van der Waals surface area contributed by atoms with E-state index in [0.29, 0.717) is 17.7 Å². The van der Waals surface area contributed by atoms with Gasteiger partial charge in [-0.25, -0.2) is 0 Å². The van der Waals surface area contributed by atoms with Gasteiger partial charge in [0.1, 0.15) is 0 Å². The van der Waals surface area contributed by atoms with Crippen molar-refractivity contribution in [2.24, 2.45) is 0 Å². The van der Waals surface area contributed by atoms with Crippen LogP contribution in [0.15, 0.2) is 73.1 Å². The van der Waals surface area contributed by atoms with E-state index >= 15 is 0 Å². The van der Waals surface area contributed by atoms with Gasteiger partial charge in [-0.3, -0.25) is 14.8 Å². The number of nitriles is 1. The fraction of sp³-hybridized carbons (Fsp3) is 0.143. The molecule has 0 saturated heterocycles. The number of carbonyl (C=O) groups is 1. The molecule has 2 heterocycles. The molecule has 5 nitrogen and oxygen atoms in total. The van der Waals surface area contributed by atoms with Crippen LogP contribution in [0.5, 0.6) is 0 Å². The summed E-state index contributed by atoms with van der Waals surface area (Å²) in [7, 11) is 0. The van der Waals surface area contributed by atoms with Gasteiger partial charge in [0.2, 0.25) is 0 Å². The van der Waals surface area contributed by atoms with E-state index in [0.717, 1.165) is 44.8 Å². The first-order chi connectivity index (χ1) is 15.9. The first-order valence-corrected chi connectivity index (χ1v) is 10.7. The first kappa shape index (κ1) is 21.9. The molecule has 5 heteroatoms. The third kappa shape index (κ3) is 5.13. The van der Waals surface area contributed by atoms with Gasteiger partial charge in [-0.15, -0.1) is 0 Å². The van der Waals surface area contributed by atoms with Crippen molar-refractivity contribution in [2.75, 3.05) is 0 Å². The molecule has 0 spiro atoms. The van der Waals surface area contributed by atoms with Crippen LogP contribution >= 0.6 is 0 Å². The molecule has 1 amide bonds. The molecule has 0 unspecified atom stereocenters. The van der Waals surface area contributed by atoms with Crippen molar-refractivity contribution in [2.45, 2.75) is 27.3 Å². The van der Waals surface area contributed by atoms with Crippen LogP contribution in [0.1, 0.15) is 38.3 Å². The van der Waals surface area contributed by atoms with Gasteiger partial charge >= 0.3 is 0 Å². The van der Waals surface area contributed by atoms with Gasteiger partial charge in [0.15, 0.2) is 0 Å². The number of aryl methyl sites for hydroxylation is 3. The maximum atomic E-state index is 13.1. The van der Waals surface area contributed by atoms with E-state index in [4.69, 9.17) is 0 Å². The Kier molecular flexibility index (Phi) is 6.28. The summed E-state index contributed by atoms with van der Waals surface area (Å²) in [5, 5.41) is 12.7. The predicted octanol–water partition coefficient (Wildman–Crippen LogP) is 5.54. The largest absolute Gasteiger partial charge is 0.348 e. The van der Waals surface area contributed by atoms with Gasteiger partial charge in [-0.05, 0) is 85.0 Å². The van der Waals surface area contributed by atoms with Gasteiger partial charge in [0.05, 0.1) is 17.3 Å². The molecule has 1 N–H and O–H groups in total. The monoisotopic (exact) mass is 432 g/mol. The highest BCUT2D eigenvalue weighted by molar-refractivity contribution is 5.97. The van der Waals surface area contributed by atoms with Crippen LogP contribution in [-0.4, -0.2) is 15.9 Å². The van der Waals surface area contributed by atoms with Gasteiger partial charge in [0, 0.05) is 35.8 Å². The van der Waals surface area contributed by atoms with Crippen molar-refractivity contribution in [1.82, 2.24) is 15.3 Å². The Bertz CT molecular complexity index is 1350. The normalized spacial score (nSPS) is 10.5. The van der Waals surface area contributed by atoms with Crippen molar-refractivity contribution < 1.29 is 4.79 Å². The number of nitrogens with one attached hydrogen (secondary N) is 1. The molecule has 0 aliphatic heterocycles. The molecule has 33 heavy (non-hydrogen) atoms. The molecule has 0 saturated carbocycles. The fourth-order valence-corrected chi connectivity index (χ4v) is 3.59. The highest BCUT2D eigenvalue weighted by Crippen LogP contribution is 2.30. The quantitative estimate of drug-likeness (QED) is 0.449. The van der Waals surface area contributed by atoms with E-state index in [-0.39, 0.29) is 5.91 Å². The lowest BCUT2D eigenvalue weighted by molar-refractivity contribution is 0.0951. The Morgan fingerprint density at radius 2 is 1.67 bits per heavy atom. The SMILES string of the molecule is Cc1ccc(-c2cc(C(=O)NCc3ccc(C)nc3)cc(-c3ccc(C)cc3C#N)c2)nc1. The van der Waals surface area contributed by atoms with Crippen molar-refractivity contribution in [1.29, 1.82) is 5.26 Å². The van der Waals surface area contributed by atoms with Crippen LogP contribution in [0.3, 0.4) is 0 Å². The Morgan fingerprint density at radius 1 is 0.879 bits per heavy atom. The topological polar surface area (TPSA) is 78.7 Å². The third-order valence-electron chi connectivity index (χ3n) is 5.43. The van der Waals surface area contributed by atoms with Crippen LogP contribution < -0.4 is 5.32 Å². The molecule has 2 aromatic carbocycles. The molecule has 4 aromatic rings. The molecule has 0 fully saturated rings. The number of pyridine rings is 2. The molecule has 0 atom stereocenters. The summed E-state index contributed by atoms with van der Waals surface area (Å²) in [5.41, 5.74) is 8.18. The average Bonchev–Trinajstić information content (AvgIpc) is 2.83. The molecule has 0 aliphatic carbocycles. The number of aromatic nitrogens is 2. The summed E-state index contributed by atoms with van der Waals surface area (Å²) in [5.74, 6) is -0.198. The van der Waals surface area contributed by atoms with E-state index in [1.807, 2.05) is 81.4 Å². The lowest BCUT2D eigenvalue weighted by Crippen LogP contribution is -2.23. The number of carbonyl (C=O) groups excluding carboxylic acids is 1. The van der Waals surface area contributed by atoms with Crippen molar-refractivity contribution in [3.8, 4) is 28.5 Å². The summed E-state index contributed by atoms with van der Waals surface area (Å²) < 4.78 is 0. The number of hydrogen-bond donors (Lipinski definition) is 1. The van der Waals surface area contributed by atoms with Gasteiger partial charge < -0.3 is 5.32 Å². The second kappa shape index (κ2) is 9.46. The zero-order valence-corrected chi connectivity index (χ0v) is 18.9. The summed E-state index contributed by atoms with van der Waals surface area (Å²) >= 11 is 0. The summed E-state index contributed by atoms with van der Waals surface area (Å²) in [4.78, 5) is 21.9. The standard InChI is InChI=1S/C28H24N4O/c1-18-4-8-26(25(10-18)14-29)22-11-23(27-9-5-19(2)15-31-27)13-24(12-22)28(33)32-17-21-7-6-20(3)30-16-21/h4-13,15-16H,17H2,1-3H3,(H,32,33). The maximum absolute atomic E-state index is 13.1. The predicted molar refractivity (Wildman–Crippen MR) is 129 cm³/mol. The van der Waals surface area contributed by atoms with Gasteiger partial charge in [-0.2, -0.15) is 5.26 Å². The zero-order chi connectivity index (χ0) is 23.4. The van der Waals surface area contributed by atoms with E-state index in [9.17, 15) is 10.1 Å². The lowest BCUT2D eigenvalue weighted by Gasteiger charge is -2.12. The second-order valence-corrected chi connectivity index (χ2v) is 8.17. The molecule has 0 bridgehead atoms. The van der Waals surface area contributed by atoms with E-state index in [1.54, 1.807) is 12.4 Å². The Hall–Kier alpha value is -4.30. The molecule has 162 valence electrons. The number of amides is 1. The van der Waals surface area contributed by atoms with E-state index in [1.165, 1.54) is 0 Å². The average molecular weight is 433 g/mol. The van der Waals surface area contributed by atoms with E-state index < -0.39 is 0 Å². The smallest absolute Gasteiger partial charge is 0.251 e. The van der Waals surface area contributed by atoms with Crippen LogP contribution in [0, 0.1) is 32.1 Å². The van der Waals surface area contributed by atoms with Crippen molar-refractivity contribution >= 4 is 5.91 Å². The summed E-state index contributed by atoms with van der Waals surface area (Å²) in [6, 6.07) is 21.5. The minimum atomic E-state index is -0.198. The van der Waals surface area contributed by atoms with Crippen molar-refractivity contribution in [3.63, 3.8) is 0 Å². The minimum absolute atomic E-state index is 0.198. The number of nitrogens with zero attached hydrogens (tertiary/aromatic N) is 3. The van der Waals surface area contributed by atoms with E-state index in [2.05, 4.69) is 21.4 Å². The third-order valence-corrected chi connectivity index (χ3v) is 5.43. The van der Waals surface area contributed by atoms with Crippen LogP contribution in [-0.2, 0) is 6.54 Å². The molecular formula is C28H24N4O. The number of rotatable bonds is 5. The molecule has 2 aromatic heterocycles. The number of benzene rings is 2. The highest BCUT2D eigenvalue weighted by Gasteiger charge is 2.14. The number of hydrogen-bond acceptors (Lipinski definition) is 4. The molecule has 0 aliphatic rings. The second-order valence-electron chi connectivity index (χ2n) is 8.17. The van der Waals surface area contributed by atoms with Gasteiger partial charge in [-0.1, -0.05) is 24.3 Å². The highest BCUT2D eigenvalue weighted by atomic mass is 16.1. The molecular weight excluding hydrogens is 408 g/mol. The summed E-state index contributed by atoms with van der Waals surface area (Å²) in [6.07, 6.45) is 3.57. The summed E-state index contributed by atoms with van der Waals surface area (Å²) in [6.45, 7) is 6.24.